The Labute approximate surface area is 103 Å². The normalized spacial score (nSPS) is 14.5. The molecule has 1 rings (SSSR count). The van der Waals surface area contributed by atoms with Crippen molar-refractivity contribution >= 4 is 17.3 Å². The van der Waals surface area contributed by atoms with Gasteiger partial charge in [0.2, 0.25) is 0 Å². The van der Waals surface area contributed by atoms with Gasteiger partial charge in [-0.15, -0.1) is 0 Å². The lowest BCUT2D eigenvalue weighted by Gasteiger charge is -2.24. The van der Waals surface area contributed by atoms with Crippen LogP contribution in [-0.2, 0) is 0 Å². The van der Waals surface area contributed by atoms with Crippen LogP contribution in [0.2, 0.25) is 5.02 Å². The van der Waals surface area contributed by atoms with Gasteiger partial charge in [0.05, 0.1) is 12.6 Å². The predicted octanol–water partition coefficient (Wildman–Crippen LogP) is 3.55. The molecule has 2 nitrogen and oxygen atoms in total. The van der Waals surface area contributed by atoms with E-state index in [1.54, 1.807) is 0 Å². The molecule has 0 heterocycles. The third kappa shape index (κ3) is 4.03. The Morgan fingerprint density at radius 3 is 2.75 bits per heavy atom. The number of hydrogen-bond donors (Lipinski definition) is 2. The van der Waals surface area contributed by atoms with Gasteiger partial charge in [-0.25, -0.2) is 0 Å². The third-order valence-corrected chi connectivity index (χ3v) is 3.04. The fraction of sp³-hybridized carbons (Fsp3) is 0.538. The molecule has 1 aromatic carbocycles. The van der Waals surface area contributed by atoms with Gasteiger partial charge in [0.1, 0.15) is 0 Å². The van der Waals surface area contributed by atoms with Gasteiger partial charge in [-0.2, -0.15) is 0 Å². The number of halogens is 1. The second-order valence-corrected chi connectivity index (χ2v) is 4.65. The van der Waals surface area contributed by atoms with E-state index < -0.39 is 0 Å². The molecule has 0 aliphatic rings. The Kier molecular flexibility index (Phi) is 5.64. The zero-order valence-electron chi connectivity index (χ0n) is 9.91. The molecular weight excluding hydrogens is 222 g/mol. The van der Waals surface area contributed by atoms with Crippen LogP contribution in [0.4, 0.5) is 5.69 Å². The van der Waals surface area contributed by atoms with Gasteiger partial charge in [-0.1, -0.05) is 37.9 Å². The summed E-state index contributed by atoms with van der Waals surface area (Å²) in [5, 5.41) is 13.4. The number of nitrogens with one attached hydrogen (secondary N) is 1. The van der Waals surface area contributed by atoms with E-state index in [-0.39, 0.29) is 12.6 Å². The van der Waals surface area contributed by atoms with E-state index >= 15 is 0 Å². The summed E-state index contributed by atoms with van der Waals surface area (Å²) in [5.74, 6) is 0.453. The molecule has 2 unspecified atom stereocenters. The summed E-state index contributed by atoms with van der Waals surface area (Å²) >= 11 is 5.91. The summed E-state index contributed by atoms with van der Waals surface area (Å²) in [6.45, 7) is 4.46. The van der Waals surface area contributed by atoms with Gasteiger partial charge in [0.25, 0.3) is 0 Å². The Balaban J connectivity index is 2.62. The van der Waals surface area contributed by atoms with Crippen LogP contribution in [0.25, 0.3) is 0 Å². The van der Waals surface area contributed by atoms with Crippen LogP contribution in [0.5, 0.6) is 0 Å². The van der Waals surface area contributed by atoms with E-state index in [9.17, 15) is 5.11 Å². The molecule has 0 amide bonds. The average molecular weight is 242 g/mol. The van der Waals surface area contributed by atoms with Gasteiger partial charge >= 0.3 is 0 Å². The summed E-state index contributed by atoms with van der Waals surface area (Å²) in [4.78, 5) is 0. The highest BCUT2D eigenvalue weighted by Crippen LogP contribution is 2.19. The summed E-state index contributed by atoms with van der Waals surface area (Å²) in [6.07, 6.45) is 2.24. The standard InChI is InChI=1S/C13H20ClNO/c1-3-5-10(2)13(9-16)15-12-7-4-6-11(14)8-12/h4,6-8,10,13,15-16H,3,5,9H2,1-2H3. The van der Waals surface area contributed by atoms with Gasteiger partial charge in [0.15, 0.2) is 0 Å². The predicted molar refractivity (Wildman–Crippen MR) is 70.0 cm³/mol. The van der Waals surface area contributed by atoms with Gasteiger partial charge in [-0.05, 0) is 30.5 Å². The van der Waals surface area contributed by atoms with Crippen molar-refractivity contribution in [2.75, 3.05) is 11.9 Å². The summed E-state index contributed by atoms with van der Waals surface area (Å²) in [6, 6.07) is 7.69. The van der Waals surface area contributed by atoms with Crippen molar-refractivity contribution in [2.24, 2.45) is 5.92 Å². The first-order valence-corrected chi connectivity index (χ1v) is 6.18. The Morgan fingerprint density at radius 1 is 1.44 bits per heavy atom. The first kappa shape index (κ1) is 13.3. The molecule has 16 heavy (non-hydrogen) atoms. The van der Waals surface area contributed by atoms with Crippen LogP contribution in [-0.4, -0.2) is 17.8 Å². The number of aliphatic hydroxyl groups excluding tert-OH is 1. The largest absolute Gasteiger partial charge is 0.394 e. The van der Waals surface area contributed by atoms with E-state index in [0.717, 1.165) is 18.5 Å². The molecule has 0 saturated carbocycles. The molecular formula is C13H20ClNO. The van der Waals surface area contributed by atoms with Crippen molar-refractivity contribution in [3.63, 3.8) is 0 Å². The van der Waals surface area contributed by atoms with Crippen molar-refractivity contribution in [1.82, 2.24) is 0 Å². The Hall–Kier alpha value is -0.730. The number of rotatable bonds is 6. The van der Waals surface area contributed by atoms with Crippen LogP contribution >= 0.6 is 11.6 Å². The lowest BCUT2D eigenvalue weighted by Crippen LogP contribution is -2.31. The molecule has 2 atom stereocenters. The SMILES string of the molecule is CCCC(C)C(CO)Nc1cccc(Cl)c1. The molecule has 1 aromatic rings. The first-order valence-electron chi connectivity index (χ1n) is 5.80. The van der Waals surface area contributed by atoms with Gasteiger partial charge in [-0.3, -0.25) is 0 Å². The third-order valence-electron chi connectivity index (χ3n) is 2.80. The van der Waals surface area contributed by atoms with Crippen LogP contribution in [0.15, 0.2) is 24.3 Å². The number of aliphatic hydroxyl groups is 1. The minimum Gasteiger partial charge on any atom is -0.394 e. The van der Waals surface area contributed by atoms with E-state index in [1.165, 1.54) is 0 Å². The van der Waals surface area contributed by atoms with Crippen molar-refractivity contribution in [3.8, 4) is 0 Å². The maximum absolute atomic E-state index is 9.36. The van der Waals surface area contributed by atoms with Crippen molar-refractivity contribution in [2.45, 2.75) is 32.7 Å². The molecule has 0 spiro atoms. The van der Waals surface area contributed by atoms with Gasteiger partial charge < -0.3 is 10.4 Å². The number of benzene rings is 1. The Bertz CT molecular complexity index is 317. The van der Waals surface area contributed by atoms with Crippen molar-refractivity contribution in [3.05, 3.63) is 29.3 Å². The smallest absolute Gasteiger partial charge is 0.0635 e. The van der Waals surface area contributed by atoms with E-state index in [4.69, 9.17) is 11.6 Å². The topological polar surface area (TPSA) is 32.3 Å². The molecule has 90 valence electrons. The lowest BCUT2D eigenvalue weighted by atomic mass is 9.97. The second-order valence-electron chi connectivity index (χ2n) is 4.21. The highest BCUT2D eigenvalue weighted by atomic mass is 35.5. The maximum Gasteiger partial charge on any atom is 0.0635 e. The zero-order chi connectivity index (χ0) is 12.0. The summed E-state index contributed by atoms with van der Waals surface area (Å²) < 4.78 is 0. The maximum atomic E-state index is 9.36. The molecule has 0 aliphatic heterocycles. The molecule has 0 aliphatic carbocycles. The Morgan fingerprint density at radius 2 is 2.19 bits per heavy atom. The zero-order valence-corrected chi connectivity index (χ0v) is 10.7. The first-order chi connectivity index (χ1) is 7.67. The minimum atomic E-state index is 0.0958. The molecule has 2 N–H and O–H groups in total. The number of hydrogen-bond acceptors (Lipinski definition) is 2. The fourth-order valence-electron chi connectivity index (χ4n) is 1.82. The molecule has 0 radical (unpaired) electrons. The molecule has 0 bridgehead atoms. The molecule has 0 saturated heterocycles. The molecule has 0 aromatic heterocycles. The summed E-state index contributed by atoms with van der Waals surface area (Å²) in [5.41, 5.74) is 0.967. The van der Waals surface area contributed by atoms with Gasteiger partial charge in [0, 0.05) is 10.7 Å². The molecule has 3 heteroatoms. The fourth-order valence-corrected chi connectivity index (χ4v) is 2.01. The monoisotopic (exact) mass is 241 g/mol. The average Bonchev–Trinajstić information content (AvgIpc) is 2.26. The molecule has 0 fully saturated rings. The van der Waals surface area contributed by atoms with E-state index in [0.29, 0.717) is 10.9 Å². The highest BCUT2D eigenvalue weighted by Gasteiger charge is 2.15. The number of anilines is 1. The lowest BCUT2D eigenvalue weighted by molar-refractivity contribution is 0.238. The van der Waals surface area contributed by atoms with Crippen LogP contribution in [0.1, 0.15) is 26.7 Å². The van der Waals surface area contributed by atoms with Crippen molar-refractivity contribution in [1.29, 1.82) is 0 Å². The van der Waals surface area contributed by atoms with E-state index in [1.807, 2.05) is 24.3 Å². The van der Waals surface area contributed by atoms with E-state index in [2.05, 4.69) is 19.2 Å². The second kappa shape index (κ2) is 6.77. The van der Waals surface area contributed by atoms with Crippen LogP contribution < -0.4 is 5.32 Å². The van der Waals surface area contributed by atoms with Crippen LogP contribution in [0.3, 0.4) is 0 Å². The highest BCUT2D eigenvalue weighted by molar-refractivity contribution is 6.30. The van der Waals surface area contributed by atoms with Crippen molar-refractivity contribution < 1.29 is 5.11 Å². The quantitative estimate of drug-likeness (QED) is 0.799. The minimum absolute atomic E-state index is 0.0958. The summed E-state index contributed by atoms with van der Waals surface area (Å²) in [7, 11) is 0. The van der Waals surface area contributed by atoms with Crippen LogP contribution in [0, 0.1) is 5.92 Å².